The number of aliphatic hydroxyl groups excluding tert-OH is 2. The molecule has 1 aliphatic rings. The molecule has 8 nitrogen and oxygen atoms in total. The van der Waals surface area contributed by atoms with Crippen molar-refractivity contribution in [2.24, 2.45) is 0 Å². The Morgan fingerprint density at radius 3 is 2.15 bits per heavy atom. The predicted molar refractivity (Wildman–Crippen MR) is 150 cm³/mol. The van der Waals surface area contributed by atoms with Gasteiger partial charge in [0.15, 0.2) is 12.4 Å². The van der Waals surface area contributed by atoms with Crippen LogP contribution in [0.15, 0.2) is 85.3 Å². The fraction of sp³-hybridized carbons (Fsp3) is 0.452. The van der Waals surface area contributed by atoms with Crippen LogP contribution < -0.4 is 0 Å². The predicted octanol–water partition coefficient (Wildman–Crippen LogP) is 5.15. The number of hydrogen-bond donors (Lipinski definition) is 2. The van der Waals surface area contributed by atoms with E-state index in [9.17, 15) is 19.8 Å². The Morgan fingerprint density at radius 2 is 1.56 bits per heavy atom. The second kappa shape index (κ2) is 19.7. The van der Waals surface area contributed by atoms with Gasteiger partial charge in [0.2, 0.25) is 0 Å². The molecule has 4 atom stereocenters. The zero-order chi connectivity index (χ0) is 28.1. The van der Waals surface area contributed by atoms with Crippen LogP contribution in [0.5, 0.6) is 0 Å². The number of allylic oxidation sites excluding steroid dienone is 10. The fourth-order valence-corrected chi connectivity index (χ4v) is 3.65. The summed E-state index contributed by atoms with van der Waals surface area (Å²) in [5.41, 5.74) is 0.192. The molecule has 1 saturated heterocycles. The molecule has 2 heterocycles. The van der Waals surface area contributed by atoms with E-state index in [1.165, 1.54) is 18.5 Å². The van der Waals surface area contributed by atoms with Crippen molar-refractivity contribution in [1.82, 2.24) is 4.98 Å². The fourth-order valence-electron chi connectivity index (χ4n) is 3.65. The third-order valence-corrected chi connectivity index (χ3v) is 5.77. The number of ether oxygens (including phenoxy) is 3. The molecule has 1 aromatic rings. The van der Waals surface area contributed by atoms with Crippen molar-refractivity contribution in [2.75, 3.05) is 6.61 Å². The van der Waals surface area contributed by atoms with Crippen LogP contribution in [0.25, 0.3) is 0 Å². The average molecular weight is 540 g/mol. The molecule has 4 unspecified atom stereocenters. The Kier molecular flexibility index (Phi) is 16.1. The number of aliphatic hydroxyl groups is 2. The first-order valence-electron chi connectivity index (χ1n) is 13.6. The molecule has 39 heavy (non-hydrogen) atoms. The van der Waals surface area contributed by atoms with Crippen molar-refractivity contribution in [1.29, 1.82) is 0 Å². The maximum absolute atomic E-state index is 12.3. The van der Waals surface area contributed by atoms with Gasteiger partial charge in [-0.15, -0.1) is 0 Å². The van der Waals surface area contributed by atoms with Gasteiger partial charge in [0.25, 0.3) is 0 Å². The van der Waals surface area contributed by atoms with E-state index >= 15 is 0 Å². The Balaban J connectivity index is 1.56. The van der Waals surface area contributed by atoms with Gasteiger partial charge in [-0.05, 0) is 57.1 Å². The van der Waals surface area contributed by atoms with Crippen molar-refractivity contribution in [3.05, 3.63) is 90.9 Å². The minimum atomic E-state index is -1.55. The first-order chi connectivity index (χ1) is 19.0. The SMILES string of the molecule is CC/C=C\C/C=C\C/C=C\C/C=C\C/C=C\CCCC(=O)OCC1OC(O)C(O)C1OC(=O)c1cccnc1. The highest BCUT2D eigenvalue weighted by Crippen LogP contribution is 2.24. The number of nitrogens with zero attached hydrogens (tertiary/aromatic N) is 1. The molecule has 8 heteroatoms. The van der Waals surface area contributed by atoms with E-state index in [4.69, 9.17) is 14.2 Å². The number of pyridine rings is 1. The average Bonchev–Trinajstić information content (AvgIpc) is 3.21. The summed E-state index contributed by atoms with van der Waals surface area (Å²) in [6.07, 6.45) is 25.4. The van der Waals surface area contributed by atoms with Gasteiger partial charge in [0.05, 0.1) is 5.56 Å². The van der Waals surface area contributed by atoms with E-state index in [0.29, 0.717) is 6.42 Å². The second-order valence-corrected chi connectivity index (χ2v) is 8.95. The third-order valence-electron chi connectivity index (χ3n) is 5.77. The van der Waals surface area contributed by atoms with Gasteiger partial charge in [-0.2, -0.15) is 0 Å². The normalized spacial score (nSPS) is 21.7. The lowest BCUT2D eigenvalue weighted by molar-refractivity contribution is -0.157. The largest absolute Gasteiger partial charge is 0.463 e. The minimum Gasteiger partial charge on any atom is -0.463 e. The van der Waals surface area contributed by atoms with Crippen LogP contribution in [0.3, 0.4) is 0 Å². The molecule has 0 saturated carbocycles. The Hall–Kier alpha value is -3.33. The quantitative estimate of drug-likeness (QED) is 0.159. The van der Waals surface area contributed by atoms with Gasteiger partial charge in [0.1, 0.15) is 18.8 Å². The molecule has 2 rings (SSSR count). The highest BCUT2D eigenvalue weighted by molar-refractivity contribution is 5.89. The number of esters is 2. The lowest BCUT2D eigenvalue weighted by Crippen LogP contribution is -2.39. The van der Waals surface area contributed by atoms with Crippen LogP contribution in [0.4, 0.5) is 0 Å². The Morgan fingerprint density at radius 1 is 0.949 bits per heavy atom. The van der Waals surface area contributed by atoms with E-state index in [-0.39, 0.29) is 18.6 Å². The third kappa shape index (κ3) is 13.3. The number of aromatic nitrogens is 1. The molecular weight excluding hydrogens is 498 g/mol. The van der Waals surface area contributed by atoms with Crippen LogP contribution in [-0.4, -0.2) is 58.3 Å². The second-order valence-electron chi connectivity index (χ2n) is 8.95. The standard InChI is InChI=1S/C31H41NO7/c1-2-3-4-5-6-7-8-9-10-11-12-13-14-15-16-17-18-21-27(33)37-24-26-29(28(34)31(36)38-26)39-30(35)25-20-19-22-32-23-25/h3-4,6-7,9-10,12-13,15-16,19-20,22-23,26,28-29,31,34,36H,2,5,8,11,14,17-18,21,24H2,1H3/b4-3-,7-6-,10-9-,13-12-,16-15-. The molecule has 0 aliphatic carbocycles. The van der Waals surface area contributed by atoms with E-state index < -0.39 is 36.5 Å². The lowest BCUT2D eigenvalue weighted by Gasteiger charge is -2.20. The van der Waals surface area contributed by atoms with Gasteiger partial charge < -0.3 is 24.4 Å². The molecule has 1 fully saturated rings. The van der Waals surface area contributed by atoms with Crippen LogP contribution in [0.1, 0.15) is 68.6 Å². The zero-order valence-electron chi connectivity index (χ0n) is 22.6. The van der Waals surface area contributed by atoms with Crippen LogP contribution in [0, 0.1) is 0 Å². The van der Waals surface area contributed by atoms with Crippen molar-refractivity contribution in [3.63, 3.8) is 0 Å². The van der Waals surface area contributed by atoms with Crippen molar-refractivity contribution < 1.29 is 34.0 Å². The maximum Gasteiger partial charge on any atom is 0.340 e. The van der Waals surface area contributed by atoms with E-state index in [1.807, 2.05) is 6.08 Å². The number of hydrogen-bond acceptors (Lipinski definition) is 8. The highest BCUT2D eigenvalue weighted by Gasteiger charge is 2.46. The first-order valence-corrected chi connectivity index (χ1v) is 13.6. The van der Waals surface area contributed by atoms with Crippen molar-refractivity contribution in [3.8, 4) is 0 Å². The van der Waals surface area contributed by atoms with Gasteiger partial charge in [0, 0.05) is 18.8 Å². The smallest absolute Gasteiger partial charge is 0.340 e. The number of carbonyl (C=O) groups excluding carboxylic acids is 2. The monoisotopic (exact) mass is 539 g/mol. The molecular formula is C31H41NO7. The maximum atomic E-state index is 12.3. The lowest BCUT2D eigenvalue weighted by atomic mass is 10.1. The minimum absolute atomic E-state index is 0.192. The van der Waals surface area contributed by atoms with Crippen molar-refractivity contribution >= 4 is 11.9 Å². The molecule has 2 N–H and O–H groups in total. The van der Waals surface area contributed by atoms with E-state index in [0.717, 1.165) is 38.5 Å². The van der Waals surface area contributed by atoms with E-state index in [2.05, 4.69) is 66.6 Å². The summed E-state index contributed by atoms with van der Waals surface area (Å²) in [7, 11) is 0. The zero-order valence-corrected chi connectivity index (χ0v) is 22.6. The molecule has 0 spiro atoms. The van der Waals surface area contributed by atoms with E-state index in [1.54, 1.807) is 6.07 Å². The summed E-state index contributed by atoms with van der Waals surface area (Å²) >= 11 is 0. The molecule has 0 aromatic carbocycles. The summed E-state index contributed by atoms with van der Waals surface area (Å²) in [6.45, 7) is 1.88. The van der Waals surface area contributed by atoms with Gasteiger partial charge in [-0.25, -0.2) is 4.79 Å². The summed E-state index contributed by atoms with van der Waals surface area (Å²) in [5.74, 6) is -1.16. The Labute approximate surface area is 231 Å². The molecule has 0 bridgehead atoms. The highest BCUT2D eigenvalue weighted by atomic mass is 16.7. The molecule has 0 radical (unpaired) electrons. The Bertz CT molecular complexity index is 984. The first kappa shape index (κ1) is 31.9. The molecule has 212 valence electrons. The number of rotatable bonds is 17. The molecule has 1 aromatic heterocycles. The van der Waals surface area contributed by atoms with Gasteiger partial charge in [-0.3, -0.25) is 9.78 Å². The van der Waals surface area contributed by atoms with Gasteiger partial charge in [-0.1, -0.05) is 67.7 Å². The van der Waals surface area contributed by atoms with Crippen LogP contribution >= 0.6 is 0 Å². The van der Waals surface area contributed by atoms with Crippen molar-refractivity contribution in [2.45, 2.75) is 82.9 Å². The summed E-state index contributed by atoms with van der Waals surface area (Å²) in [6, 6.07) is 3.09. The van der Waals surface area contributed by atoms with Gasteiger partial charge >= 0.3 is 11.9 Å². The van der Waals surface area contributed by atoms with Crippen LogP contribution in [0.2, 0.25) is 0 Å². The molecule has 1 aliphatic heterocycles. The number of carbonyl (C=O) groups is 2. The summed E-state index contributed by atoms with van der Waals surface area (Å²) in [5, 5.41) is 19.9. The topological polar surface area (TPSA) is 115 Å². The summed E-state index contributed by atoms with van der Waals surface area (Å²) in [4.78, 5) is 28.2. The number of unbranched alkanes of at least 4 members (excludes halogenated alkanes) is 1. The van der Waals surface area contributed by atoms with Crippen LogP contribution in [-0.2, 0) is 19.0 Å². The molecule has 0 amide bonds. The summed E-state index contributed by atoms with van der Waals surface area (Å²) < 4.78 is 15.7.